The molecule has 0 saturated heterocycles. The molecule has 21 heavy (non-hydrogen) atoms. The van der Waals surface area contributed by atoms with Gasteiger partial charge in [0.05, 0.1) is 0 Å². The van der Waals surface area contributed by atoms with Gasteiger partial charge in [-0.25, -0.2) is 4.39 Å². The van der Waals surface area contributed by atoms with Crippen LogP contribution in [0.25, 0.3) is 0 Å². The number of hydrogen-bond donors (Lipinski definition) is 1. The van der Waals surface area contributed by atoms with E-state index in [-0.39, 0.29) is 17.3 Å². The number of nitrogens with one attached hydrogen (secondary N) is 1. The summed E-state index contributed by atoms with van der Waals surface area (Å²) in [5, 5.41) is 3.50. The minimum absolute atomic E-state index is 0.0455. The van der Waals surface area contributed by atoms with Crippen molar-refractivity contribution in [2.45, 2.75) is 33.4 Å². The molecular formula is C18H21BrFN. The van der Waals surface area contributed by atoms with E-state index in [1.807, 2.05) is 24.3 Å². The predicted octanol–water partition coefficient (Wildman–Crippen LogP) is 5.47. The molecule has 3 heteroatoms. The summed E-state index contributed by atoms with van der Waals surface area (Å²) in [7, 11) is 0. The summed E-state index contributed by atoms with van der Waals surface area (Å²) in [6.07, 6.45) is 0. The molecule has 0 aromatic heterocycles. The Morgan fingerprint density at radius 2 is 1.76 bits per heavy atom. The van der Waals surface area contributed by atoms with E-state index in [0.29, 0.717) is 12.1 Å². The van der Waals surface area contributed by atoms with Crippen molar-refractivity contribution in [2.75, 3.05) is 0 Å². The third-order valence-corrected chi connectivity index (χ3v) is 4.00. The molecule has 2 aromatic rings. The van der Waals surface area contributed by atoms with E-state index in [0.717, 1.165) is 4.47 Å². The molecule has 0 aliphatic heterocycles. The van der Waals surface area contributed by atoms with Crippen LogP contribution in [0.3, 0.4) is 0 Å². The second-order valence-electron chi connectivity index (χ2n) is 6.33. The van der Waals surface area contributed by atoms with Crippen LogP contribution < -0.4 is 5.32 Å². The normalized spacial score (nSPS) is 13.2. The van der Waals surface area contributed by atoms with Gasteiger partial charge < -0.3 is 5.32 Å². The Bertz CT molecular complexity index is 590. The molecule has 0 heterocycles. The van der Waals surface area contributed by atoms with E-state index >= 15 is 0 Å². The molecule has 1 N–H and O–H groups in total. The fourth-order valence-electron chi connectivity index (χ4n) is 2.46. The van der Waals surface area contributed by atoms with E-state index in [9.17, 15) is 4.39 Å². The van der Waals surface area contributed by atoms with E-state index < -0.39 is 0 Å². The monoisotopic (exact) mass is 349 g/mol. The predicted molar refractivity (Wildman–Crippen MR) is 89.6 cm³/mol. The van der Waals surface area contributed by atoms with Gasteiger partial charge in [-0.15, -0.1) is 0 Å². The van der Waals surface area contributed by atoms with Gasteiger partial charge in [0.1, 0.15) is 5.82 Å². The highest BCUT2D eigenvalue weighted by atomic mass is 79.9. The molecule has 2 rings (SSSR count). The van der Waals surface area contributed by atoms with Crippen LogP contribution in [-0.2, 0) is 6.54 Å². The zero-order chi connectivity index (χ0) is 15.5. The lowest BCUT2D eigenvalue weighted by Gasteiger charge is -2.32. The number of rotatable bonds is 4. The second-order valence-corrected chi connectivity index (χ2v) is 7.24. The molecule has 0 fully saturated rings. The maximum absolute atomic E-state index is 13.9. The summed E-state index contributed by atoms with van der Waals surface area (Å²) in [4.78, 5) is 0. The van der Waals surface area contributed by atoms with E-state index in [1.165, 1.54) is 11.6 Å². The van der Waals surface area contributed by atoms with Crippen LogP contribution in [0.15, 0.2) is 53.0 Å². The van der Waals surface area contributed by atoms with Crippen molar-refractivity contribution in [3.63, 3.8) is 0 Å². The van der Waals surface area contributed by atoms with Crippen LogP contribution in [0, 0.1) is 11.2 Å². The Morgan fingerprint density at radius 3 is 2.38 bits per heavy atom. The SMILES string of the molecule is CC(C)(C)C(NCc1cc(Br)ccc1F)c1ccccc1. The Kier molecular flexibility index (Phi) is 5.17. The Hall–Kier alpha value is -1.19. The van der Waals surface area contributed by atoms with Crippen molar-refractivity contribution in [1.29, 1.82) is 0 Å². The Labute approximate surface area is 134 Å². The summed E-state index contributed by atoms with van der Waals surface area (Å²) in [6.45, 7) is 7.07. The van der Waals surface area contributed by atoms with Crippen LogP contribution in [-0.4, -0.2) is 0 Å². The highest BCUT2D eigenvalue weighted by Gasteiger charge is 2.25. The highest BCUT2D eigenvalue weighted by molar-refractivity contribution is 9.10. The van der Waals surface area contributed by atoms with Crippen LogP contribution in [0.4, 0.5) is 4.39 Å². The van der Waals surface area contributed by atoms with E-state index in [4.69, 9.17) is 0 Å². The lowest BCUT2D eigenvalue weighted by atomic mass is 9.82. The lowest BCUT2D eigenvalue weighted by Crippen LogP contribution is -2.32. The topological polar surface area (TPSA) is 12.0 Å². The molecule has 2 aromatic carbocycles. The first-order chi connectivity index (χ1) is 9.88. The zero-order valence-electron chi connectivity index (χ0n) is 12.7. The summed E-state index contributed by atoms with van der Waals surface area (Å²) in [6, 6.07) is 15.5. The molecule has 0 bridgehead atoms. The summed E-state index contributed by atoms with van der Waals surface area (Å²) < 4.78 is 14.8. The average molecular weight is 350 g/mol. The quantitative estimate of drug-likeness (QED) is 0.772. The largest absolute Gasteiger partial charge is 0.305 e. The van der Waals surface area contributed by atoms with Gasteiger partial charge in [0, 0.05) is 22.6 Å². The van der Waals surface area contributed by atoms with Gasteiger partial charge in [-0.1, -0.05) is 67.0 Å². The molecule has 1 nitrogen and oxygen atoms in total. The van der Waals surface area contributed by atoms with Crippen LogP contribution in [0.5, 0.6) is 0 Å². The van der Waals surface area contributed by atoms with Crippen molar-refractivity contribution in [3.05, 3.63) is 69.9 Å². The molecular weight excluding hydrogens is 329 g/mol. The Balaban J connectivity index is 2.19. The third kappa shape index (κ3) is 4.39. The number of halogens is 2. The second kappa shape index (κ2) is 6.71. The average Bonchev–Trinajstić information content (AvgIpc) is 2.42. The van der Waals surface area contributed by atoms with Crippen molar-refractivity contribution in [1.82, 2.24) is 5.32 Å². The third-order valence-electron chi connectivity index (χ3n) is 3.50. The summed E-state index contributed by atoms with van der Waals surface area (Å²) >= 11 is 3.39. The smallest absolute Gasteiger partial charge is 0.127 e. The van der Waals surface area contributed by atoms with E-state index in [1.54, 1.807) is 6.07 Å². The first-order valence-electron chi connectivity index (χ1n) is 7.10. The summed E-state index contributed by atoms with van der Waals surface area (Å²) in [5.41, 5.74) is 1.94. The van der Waals surface area contributed by atoms with Crippen molar-refractivity contribution < 1.29 is 4.39 Å². The zero-order valence-corrected chi connectivity index (χ0v) is 14.2. The lowest BCUT2D eigenvalue weighted by molar-refractivity contribution is 0.270. The standard InChI is InChI=1S/C18H21BrFN/c1-18(2,3)17(13-7-5-4-6-8-13)21-12-14-11-15(19)9-10-16(14)20/h4-11,17,21H,12H2,1-3H3. The van der Waals surface area contributed by atoms with Gasteiger partial charge in [-0.3, -0.25) is 0 Å². The number of benzene rings is 2. The minimum atomic E-state index is -0.175. The number of hydrogen-bond acceptors (Lipinski definition) is 1. The van der Waals surface area contributed by atoms with Crippen molar-refractivity contribution in [2.24, 2.45) is 5.41 Å². The van der Waals surface area contributed by atoms with Gasteiger partial charge in [0.25, 0.3) is 0 Å². The van der Waals surface area contributed by atoms with E-state index in [2.05, 4.69) is 54.2 Å². The molecule has 0 amide bonds. The van der Waals surface area contributed by atoms with Crippen molar-refractivity contribution in [3.8, 4) is 0 Å². The molecule has 0 radical (unpaired) electrons. The molecule has 0 aliphatic carbocycles. The van der Waals surface area contributed by atoms with Gasteiger partial charge in [0.15, 0.2) is 0 Å². The first kappa shape index (κ1) is 16.2. The Morgan fingerprint density at radius 1 is 1.10 bits per heavy atom. The summed E-state index contributed by atoms with van der Waals surface area (Å²) in [5.74, 6) is -0.175. The van der Waals surface area contributed by atoms with Crippen molar-refractivity contribution >= 4 is 15.9 Å². The highest BCUT2D eigenvalue weighted by Crippen LogP contribution is 2.33. The van der Waals surface area contributed by atoms with Crippen LogP contribution >= 0.6 is 15.9 Å². The molecule has 0 saturated carbocycles. The van der Waals surface area contributed by atoms with Gasteiger partial charge in [-0.2, -0.15) is 0 Å². The first-order valence-corrected chi connectivity index (χ1v) is 7.89. The minimum Gasteiger partial charge on any atom is -0.305 e. The molecule has 0 spiro atoms. The molecule has 0 aliphatic rings. The maximum atomic E-state index is 13.9. The van der Waals surface area contributed by atoms with Crippen LogP contribution in [0.1, 0.15) is 37.9 Å². The fraction of sp³-hybridized carbons (Fsp3) is 0.333. The van der Waals surface area contributed by atoms with Gasteiger partial charge in [0.2, 0.25) is 0 Å². The maximum Gasteiger partial charge on any atom is 0.127 e. The van der Waals surface area contributed by atoms with Gasteiger partial charge >= 0.3 is 0 Å². The van der Waals surface area contributed by atoms with Gasteiger partial charge in [-0.05, 0) is 29.2 Å². The molecule has 1 unspecified atom stereocenters. The fourth-order valence-corrected chi connectivity index (χ4v) is 2.87. The molecule has 1 atom stereocenters. The van der Waals surface area contributed by atoms with Crippen LogP contribution in [0.2, 0.25) is 0 Å². The molecule has 112 valence electrons.